The number of oxazole rings is 1. The SMILES string of the molecule is CO[C@@H]1CN(C(=O)CCc2ncc(C(C)(C)C)o2)C[C@H]1c1cn[nH]n1. The molecule has 2 aromatic heterocycles. The molecule has 0 saturated carbocycles. The number of methoxy groups -OCH3 is 1. The van der Waals surface area contributed by atoms with Crippen molar-refractivity contribution >= 4 is 5.91 Å². The predicted octanol–water partition coefficient (Wildman–Crippen LogP) is 1.66. The van der Waals surface area contributed by atoms with E-state index in [0.29, 0.717) is 31.8 Å². The first-order valence-electron chi connectivity index (χ1n) is 8.50. The molecule has 1 N–H and O–H groups in total. The highest BCUT2D eigenvalue weighted by Crippen LogP contribution is 2.28. The Morgan fingerprint density at radius 3 is 2.80 bits per heavy atom. The van der Waals surface area contributed by atoms with Crippen LogP contribution in [0.1, 0.15) is 50.5 Å². The summed E-state index contributed by atoms with van der Waals surface area (Å²) in [6, 6.07) is 0. The number of hydrogen-bond acceptors (Lipinski definition) is 6. The number of nitrogens with zero attached hydrogens (tertiary/aromatic N) is 4. The van der Waals surface area contributed by atoms with E-state index in [-0.39, 0.29) is 23.3 Å². The van der Waals surface area contributed by atoms with Crippen LogP contribution in [0.4, 0.5) is 0 Å². The molecule has 0 spiro atoms. The molecule has 1 fully saturated rings. The Hall–Kier alpha value is -2.22. The van der Waals surface area contributed by atoms with Crippen molar-refractivity contribution in [3.63, 3.8) is 0 Å². The van der Waals surface area contributed by atoms with Gasteiger partial charge in [0.05, 0.1) is 30.1 Å². The Balaban J connectivity index is 1.58. The van der Waals surface area contributed by atoms with Gasteiger partial charge in [0.2, 0.25) is 5.91 Å². The maximum atomic E-state index is 12.6. The largest absolute Gasteiger partial charge is 0.445 e. The van der Waals surface area contributed by atoms with Gasteiger partial charge in [-0.1, -0.05) is 20.8 Å². The Labute approximate surface area is 146 Å². The van der Waals surface area contributed by atoms with E-state index in [1.165, 1.54) is 0 Å². The van der Waals surface area contributed by atoms with Gasteiger partial charge in [-0.15, -0.1) is 0 Å². The van der Waals surface area contributed by atoms with Crippen LogP contribution in [-0.2, 0) is 21.4 Å². The molecule has 1 saturated heterocycles. The smallest absolute Gasteiger partial charge is 0.223 e. The molecule has 0 radical (unpaired) electrons. The summed E-state index contributed by atoms with van der Waals surface area (Å²) < 4.78 is 11.3. The molecule has 1 amide bonds. The van der Waals surface area contributed by atoms with Crippen LogP contribution in [0.2, 0.25) is 0 Å². The van der Waals surface area contributed by atoms with E-state index in [1.54, 1.807) is 19.5 Å². The topological polar surface area (TPSA) is 97.1 Å². The van der Waals surface area contributed by atoms with Crippen LogP contribution in [0.25, 0.3) is 0 Å². The van der Waals surface area contributed by atoms with Gasteiger partial charge in [0.15, 0.2) is 5.89 Å². The lowest BCUT2D eigenvalue weighted by molar-refractivity contribution is -0.130. The summed E-state index contributed by atoms with van der Waals surface area (Å²) in [5.41, 5.74) is 0.741. The first-order valence-corrected chi connectivity index (χ1v) is 8.50. The molecular formula is C17H25N5O3. The summed E-state index contributed by atoms with van der Waals surface area (Å²) in [7, 11) is 1.66. The fourth-order valence-electron chi connectivity index (χ4n) is 3.03. The van der Waals surface area contributed by atoms with Crippen molar-refractivity contribution in [3.8, 4) is 0 Å². The number of likely N-dealkylation sites (tertiary alicyclic amines) is 1. The van der Waals surface area contributed by atoms with Crippen LogP contribution in [0.3, 0.4) is 0 Å². The molecule has 2 atom stereocenters. The fourth-order valence-corrected chi connectivity index (χ4v) is 3.03. The highest BCUT2D eigenvalue weighted by molar-refractivity contribution is 5.76. The van der Waals surface area contributed by atoms with Gasteiger partial charge < -0.3 is 14.1 Å². The van der Waals surface area contributed by atoms with Crippen LogP contribution in [-0.4, -0.2) is 57.5 Å². The van der Waals surface area contributed by atoms with E-state index in [4.69, 9.17) is 9.15 Å². The number of carbonyl (C=O) groups is 1. The highest BCUT2D eigenvalue weighted by atomic mass is 16.5. The number of nitrogens with one attached hydrogen (secondary N) is 1. The van der Waals surface area contributed by atoms with Crippen LogP contribution >= 0.6 is 0 Å². The molecule has 25 heavy (non-hydrogen) atoms. The van der Waals surface area contributed by atoms with E-state index in [9.17, 15) is 4.79 Å². The molecule has 0 bridgehead atoms. The molecule has 0 unspecified atom stereocenters. The Morgan fingerprint density at radius 2 is 2.20 bits per heavy atom. The summed E-state index contributed by atoms with van der Waals surface area (Å²) >= 11 is 0. The Bertz CT molecular complexity index is 704. The van der Waals surface area contributed by atoms with Crippen molar-refractivity contribution in [1.82, 2.24) is 25.3 Å². The van der Waals surface area contributed by atoms with Crippen molar-refractivity contribution < 1.29 is 13.9 Å². The van der Waals surface area contributed by atoms with Crippen LogP contribution in [0.5, 0.6) is 0 Å². The summed E-state index contributed by atoms with van der Waals surface area (Å²) in [6.45, 7) is 7.36. The van der Waals surface area contributed by atoms with Gasteiger partial charge in [-0.3, -0.25) is 4.79 Å². The first-order chi connectivity index (χ1) is 11.9. The zero-order chi connectivity index (χ0) is 18.0. The van der Waals surface area contributed by atoms with Crippen molar-refractivity contribution in [2.75, 3.05) is 20.2 Å². The van der Waals surface area contributed by atoms with Gasteiger partial charge in [0, 0.05) is 38.5 Å². The lowest BCUT2D eigenvalue weighted by Crippen LogP contribution is -2.30. The number of carbonyl (C=O) groups excluding carboxylic acids is 1. The van der Waals surface area contributed by atoms with E-state index in [2.05, 4.69) is 41.2 Å². The number of H-pyrrole nitrogens is 1. The predicted molar refractivity (Wildman–Crippen MR) is 90.0 cm³/mol. The maximum absolute atomic E-state index is 12.6. The minimum atomic E-state index is -0.0826. The number of aryl methyl sites for hydroxylation is 1. The van der Waals surface area contributed by atoms with E-state index < -0.39 is 0 Å². The lowest BCUT2D eigenvalue weighted by Gasteiger charge is -2.15. The van der Waals surface area contributed by atoms with Crippen LogP contribution < -0.4 is 0 Å². The van der Waals surface area contributed by atoms with Crippen molar-refractivity contribution in [3.05, 3.63) is 29.7 Å². The maximum Gasteiger partial charge on any atom is 0.223 e. The minimum Gasteiger partial charge on any atom is -0.445 e. The van der Waals surface area contributed by atoms with E-state index >= 15 is 0 Å². The average molecular weight is 347 g/mol. The summed E-state index contributed by atoms with van der Waals surface area (Å²) in [5, 5.41) is 10.6. The van der Waals surface area contributed by atoms with Gasteiger partial charge in [-0.2, -0.15) is 15.4 Å². The number of aromatic nitrogens is 4. The highest BCUT2D eigenvalue weighted by Gasteiger charge is 2.37. The third kappa shape index (κ3) is 3.89. The molecular weight excluding hydrogens is 322 g/mol. The third-order valence-corrected chi connectivity index (χ3v) is 4.58. The quantitative estimate of drug-likeness (QED) is 0.883. The second kappa shape index (κ2) is 6.95. The Morgan fingerprint density at radius 1 is 1.40 bits per heavy atom. The average Bonchev–Trinajstić information content (AvgIpc) is 3.30. The minimum absolute atomic E-state index is 0.0435. The molecule has 2 aromatic rings. The van der Waals surface area contributed by atoms with Crippen LogP contribution in [0.15, 0.2) is 16.8 Å². The molecule has 8 nitrogen and oxygen atoms in total. The number of amides is 1. The Kier molecular flexibility index (Phi) is 4.89. The fraction of sp³-hybridized carbons (Fsp3) is 0.647. The lowest BCUT2D eigenvalue weighted by atomic mass is 9.94. The van der Waals surface area contributed by atoms with Gasteiger partial charge in [-0.05, 0) is 0 Å². The second-order valence-corrected chi connectivity index (χ2v) is 7.44. The zero-order valence-corrected chi connectivity index (χ0v) is 15.2. The second-order valence-electron chi connectivity index (χ2n) is 7.44. The van der Waals surface area contributed by atoms with Gasteiger partial charge in [0.1, 0.15) is 5.76 Å². The summed E-state index contributed by atoms with van der Waals surface area (Å²) in [6.07, 6.45) is 4.23. The number of rotatable bonds is 5. The number of hydrogen-bond donors (Lipinski definition) is 1. The van der Waals surface area contributed by atoms with E-state index in [0.717, 1.165) is 11.5 Å². The third-order valence-electron chi connectivity index (χ3n) is 4.58. The van der Waals surface area contributed by atoms with Crippen molar-refractivity contribution in [1.29, 1.82) is 0 Å². The number of ether oxygens (including phenoxy) is 1. The number of aromatic amines is 1. The molecule has 3 rings (SSSR count). The van der Waals surface area contributed by atoms with Crippen molar-refractivity contribution in [2.45, 2.75) is 51.0 Å². The molecule has 1 aliphatic heterocycles. The van der Waals surface area contributed by atoms with Crippen LogP contribution in [0, 0.1) is 0 Å². The summed E-state index contributed by atoms with van der Waals surface area (Å²) in [4.78, 5) is 18.7. The van der Waals surface area contributed by atoms with Gasteiger partial charge >= 0.3 is 0 Å². The standard InChI is InChI=1S/C17H25N5O3/c1-17(2,3)14-8-18-15(25-14)5-6-16(23)22-9-11(13(10-22)24-4)12-7-19-21-20-12/h7-8,11,13H,5-6,9-10H2,1-4H3,(H,19,20,21)/t11-,13+/m0/s1. The normalized spacial score (nSPS) is 21.0. The van der Waals surface area contributed by atoms with E-state index in [1.807, 2.05) is 4.90 Å². The van der Waals surface area contributed by atoms with Crippen molar-refractivity contribution in [2.24, 2.45) is 0 Å². The molecule has 136 valence electrons. The molecule has 0 aromatic carbocycles. The first kappa shape index (κ1) is 17.6. The molecule has 3 heterocycles. The monoisotopic (exact) mass is 347 g/mol. The summed E-state index contributed by atoms with van der Waals surface area (Å²) in [5.74, 6) is 1.56. The zero-order valence-electron chi connectivity index (χ0n) is 15.2. The van der Waals surface area contributed by atoms with Gasteiger partial charge in [0.25, 0.3) is 0 Å². The molecule has 8 heteroatoms. The molecule has 0 aliphatic carbocycles. The molecule has 1 aliphatic rings. The van der Waals surface area contributed by atoms with Gasteiger partial charge in [-0.25, -0.2) is 4.98 Å².